The molecule has 0 bridgehead atoms. The average molecular weight is 536 g/mol. The van der Waals surface area contributed by atoms with Crippen molar-refractivity contribution in [2.45, 2.75) is 6.42 Å². The minimum atomic E-state index is -0.236. The Bertz CT molecular complexity index is 1390. The van der Waals surface area contributed by atoms with Gasteiger partial charge in [0.15, 0.2) is 5.17 Å². The SMILES string of the molecule is O=C1NC(=Nc2cc(C(=O)NCCCN3CCOCC3)ccc2Cl)S/C1=C/c1ccc2ncccc2c1. The van der Waals surface area contributed by atoms with Crippen molar-refractivity contribution in [2.75, 3.05) is 39.4 Å². The number of halogens is 1. The van der Waals surface area contributed by atoms with E-state index in [1.807, 2.05) is 36.4 Å². The van der Waals surface area contributed by atoms with Crippen LogP contribution in [0.3, 0.4) is 0 Å². The molecule has 0 unspecified atom stereocenters. The Morgan fingerprint density at radius 2 is 2.08 bits per heavy atom. The number of benzene rings is 2. The molecule has 37 heavy (non-hydrogen) atoms. The van der Waals surface area contributed by atoms with Crippen molar-refractivity contribution >= 4 is 63.0 Å². The molecule has 0 spiro atoms. The topological polar surface area (TPSA) is 95.9 Å². The number of morpholine rings is 1. The van der Waals surface area contributed by atoms with Crippen LogP contribution in [-0.4, -0.2) is 66.3 Å². The number of hydrogen-bond acceptors (Lipinski definition) is 7. The lowest BCUT2D eigenvalue weighted by molar-refractivity contribution is -0.115. The fourth-order valence-electron chi connectivity index (χ4n) is 4.10. The molecule has 3 aromatic rings. The lowest BCUT2D eigenvalue weighted by Gasteiger charge is -2.26. The maximum absolute atomic E-state index is 12.7. The Morgan fingerprint density at radius 1 is 1.22 bits per heavy atom. The van der Waals surface area contributed by atoms with E-state index in [1.54, 1.807) is 24.4 Å². The molecule has 0 atom stereocenters. The smallest absolute Gasteiger partial charge is 0.264 e. The highest BCUT2D eigenvalue weighted by molar-refractivity contribution is 8.18. The number of amides is 2. The van der Waals surface area contributed by atoms with Gasteiger partial charge >= 0.3 is 0 Å². The Hall–Kier alpha value is -3.24. The molecular weight excluding hydrogens is 510 g/mol. The van der Waals surface area contributed by atoms with Gasteiger partial charge in [-0.15, -0.1) is 0 Å². The monoisotopic (exact) mass is 535 g/mol. The van der Waals surface area contributed by atoms with Crippen molar-refractivity contribution in [3.05, 3.63) is 75.8 Å². The number of carbonyl (C=O) groups excluding carboxylic acids is 2. The van der Waals surface area contributed by atoms with Gasteiger partial charge in [-0.3, -0.25) is 19.5 Å². The molecule has 8 nitrogen and oxygen atoms in total. The molecule has 190 valence electrons. The fourth-order valence-corrected chi connectivity index (χ4v) is 5.09. The van der Waals surface area contributed by atoms with Gasteiger partial charge in [0, 0.05) is 36.8 Å². The standard InChI is InChI=1S/C27H26ClN5O3S/c28-21-6-5-20(25(34)30-9-2-10-33-11-13-36-14-12-33)17-23(21)31-27-32-26(35)24(37-27)16-18-4-7-22-19(15-18)3-1-8-29-22/h1,3-8,15-17H,2,9-14H2,(H,30,34)(H,31,32,35)/b24-16+. The first-order chi connectivity index (χ1) is 18.0. The third-order valence-corrected chi connectivity index (χ3v) is 7.28. The van der Waals surface area contributed by atoms with Crippen molar-refractivity contribution in [1.29, 1.82) is 0 Å². The summed E-state index contributed by atoms with van der Waals surface area (Å²) in [7, 11) is 0. The van der Waals surface area contributed by atoms with Crippen LogP contribution in [0.25, 0.3) is 17.0 Å². The van der Waals surface area contributed by atoms with Crippen LogP contribution in [0.2, 0.25) is 5.02 Å². The fraction of sp³-hybridized carbons (Fsp3) is 0.259. The molecular formula is C27H26ClN5O3S. The van der Waals surface area contributed by atoms with E-state index in [4.69, 9.17) is 16.3 Å². The predicted octanol–water partition coefficient (Wildman–Crippen LogP) is 4.23. The summed E-state index contributed by atoms with van der Waals surface area (Å²) in [6, 6.07) is 14.6. The molecule has 1 aromatic heterocycles. The second-order valence-corrected chi connectivity index (χ2v) is 10.1. The van der Waals surface area contributed by atoms with E-state index in [9.17, 15) is 9.59 Å². The minimum absolute atomic E-state index is 0.186. The maximum Gasteiger partial charge on any atom is 0.264 e. The number of rotatable bonds is 7. The van der Waals surface area contributed by atoms with Crippen LogP contribution in [0.4, 0.5) is 5.69 Å². The van der Waals surface area contributed by atoms with Crippen molar-refractivity contribution in [2.24, 2.45) is 4.99 Å². The van der Waals surface area contributed by atoms with Gasteiger partial charge in [-0.2, -0.15) is 0 Å². The molecule has 3 heterocycles. The number of carbonyl (C=O) groups is 2. The van der Waals surface area contributed by atoms with Gasteiger partial charge in [0.25, 0.3) is 11.8 Å². The molecule has 10 heteroatoms. The van der Waals surface area contributed by atoms with Gasteiger partial charge in [0.2, 0.25) is 0 Å². The molecule has 0 radical (unpaired) electrons. The van der Waals surface area contributed by atoms with Crippen molar-refractivity contribution < 1.29 is 14.3 Å². The van der Waals surface area contributed by atoms with E-state index in [2.05, 4.69) is 25.5 Å². The summed E-state index contributed by atoms with van der Waals surface area (Å²) >= 11 is 7.58. The number of amidine groups is 1. The Balaban J connectivity index is 1.23. The van der Waals surface area contributed by atoms with Crippen LogP contribution >= 0.6 is 23.4 Å². The first kappa shape index (κ1) is 25.4. The van der Waals surface area contributed by atoms with E-state index in [0.29, 0.717) is 32.9 Å². The third kappa shape index (κ3) is 6.56. The van der Waals surface area contributed by atoms with E-state index >= 15 is 0 Å². The molecule has 2 saturated heterocycles. The van der Waals surface area contributed by atoms with Crippen LogP contribution in [-0.2, 0) is 9.53 Å². The van der Waals surface area contributed by atoms with Crippen molar-refractivity contribution in [3.63, 3.8) is 0 Å². The van der Waals surface area contributed by atoms with Crippen LogP contribution in [0.15, 0.2) is 64.6 Å². The largest absolute Gasteiger partial charge is 0.379 e. The molecule has 2 aliphatic rings. The number of aliphatic imine (C=N–C) groups is 1. The summed E-state index contributed by atoms with van der Waals surface area (Å²) in [5.74, 6) is -0.421. The number of nitrogens with zero attached hydrogens (tertiary/aromatic N) is 3. The first-order valence-corrected chi connectivity index (χ1v) is 13.3. The van der Waals surface area contributed by atoms with E-state index in [1.165, 1.54) is 11.8 Å². The molecule has 2 amide bonds. The molecule has 5 rings (SSSR count). The maximum atomic E-state index is 12.7. The Labute approximate surface area is 224 Å². The highest BCUT2D eigenvalue weighted by Crippen LogP contribution is 2.32. The second-order valence-electron chi connectivity index (χ2n) is 8.67. The van der Waals surface area contributed by atoms with E-state index in [-0.39, 0.29) is 11.8 Å². The summed E-state index contributed by atoms with van der Waals surface area (Å²) < 4.78 is 5.36. The second kappa shape index (κ2) is 11.9. The summed E-state index contributed by atoms with van der Waals surface area (Å²) in [6.07, 6.45) is 4.43. The number of nitrogens with one attached hydrogen (secondary N) is 2. The molecule has 2 aliphatic heterocycles. The van der Waals surface area contributed by atoms with Gasteiger partial charge in [0.1, 0.15) is 0 Å². The minimum Gasteiger partial charge on any atom is -0.379 e. The normalized spacial score (nSPS) is 18.5. The Kier molecular flexibility index (Phi) is 8.15. The van der Waals surface area contributed by atoms with Crippen LogP contribution in [0, 0.1) is 0 Å². The average Bonchev–Trinajstić information content (AvgIpc) is 3.26. The van der Waals surface area contributed by atoms with Gasteiger partial charge in [-0.05, 0) is 72.8 Å². The van der Waals surface area contributed by atoms with Crippen LogP contribution in [0.1, 0.15) is 22.3 Å². The van der Waals surface area contributed by atoms with E-state index in [0.717, 1.165) is 55.7 Å². The zero-order valence-electron chi connectivity index (χ0n) is 20.1. The van der Waals surface area contributed by atoms with Gasteiger partial charge in [-0.25, -0.2) is 4.99 Å². The van der Waals surface area contributed by atoms with E-state index < -0.39 is 0 Å². The molecule has 0 saturated carbocycles. The van der Waals surface area contributed by atoms with Crippen LogP contribution in [0.5, 0.6) is 0 Å². The lowest BCUT2D eigenvalue weighted by atomic mass is 10.1. The summed E-state index contributed by atoms with van der Waals surface area (Å²) in [4.78, 5) is 36.9. The number of hydrogen-bond donors (Lipinski definition) is 2. The van der Waals surface area contributed by atoms with Crippen molar-refractivity contribution in [1.82, 2.24) is 20.5 Å². The summed E-state index contributed by atoms with van der Waals surface area (Å²) in [5.41, 5.74) is 2.67. The number of thioether (sulfide) groups is 1. The zero-order chi connectivity index (χ0) is 25.6. The van der Waals surface area contributed by atoms with Crippen molar-refractivity contribution in [3.8, 4) is 0 Å². The Morgan fingerprint density at radius 3 is 2.95 bits per heavy atom. The van der Waals surface area contributed by atoms with Gasteiger partial charge in [-0.1, -0.05) is 23.7 Å². The number of pyridine rings is 1. The molecule has 2 fully saturated rings. The molecule has 2 N–H and O–H groups in total. The molecule has 2 aromatic carbocycles. The van der Waals surface area contributed by atoms with Gasteiger partial charge < -0.3 is 15.4 Å². The third-order valence-electron chi connectivity index (χ3n) is 6.05. The first-order valence-electron chi connectivity index (χ1n) is 12.1. The summed E-state index contributed by atoms with van der Waals surface area (Å²) in [6.45, 7) is 4.89. The molecule has 0 aliphatic carbocycles. The van der Waals surface area contributed by atoms with Gasteiger partial charge in [0.05, 0.1) is 34.3 Å². The number of fused-ring (bicyclic) bond motifs is 1. The lowest BCUT2D eigenvalue weighted by Crippen LogP contribution is -2.38. The van der Waals surface area contributed by atoms with Crippen LogP contribution < -0.4 is 10.6 Å². The zero-order valence-corrected chi connectivity index (χ0v) is 21.6. The summed E-state index contributed by atoms with van der Waals surface area (Å²) in [5, 5.41) is 7.53. The highest BCUT2D eigenvalue weighted by Gasteiger charge is 2.24. The number of ether oxygens (including phenoxy) is 1. The number of aromatic nitrogens is 1. The predicted molar refractivity (Wildman–Crippen MR) is 148 cm³/mol. The quantitative estimate of drug-likeness (QED) is 0.347. The highest BCUT2D eigenvalue weighted by atomic mass is 35.5.